The Morgan fingerprint density at radius 1 is 1.00 bits per heavy atom. The molecule has 1 aliphatic carbocycles. The van der Waals surface area contributed by atoms with Gasteiger partial charge in [0.25, 0.3) is 0 Å². The van der Waals surface area contributed by atoms with E-state index >= 15 is 0 Å². The second-order valence-corrected chi connectivity index (χ2v) is 8.82. The van der Waals surface area contributed by atoms with Gasteiger partial charge in [-0.25, -0.2) is 4.98 Å². The van der Waals surface area contributed by atoms with Crippen molar-refractivity contribution in [1.82, 2.24) is 15.0 Å². The van der Waals surface area contributed by atoms with Crippen LogP contribution in [0.2, 0.25) is 0 Å². The van der Waals surface area contributed by atoms with E-state index in [-0.39, 0.29) is 6.04 Å². The molecule has 6 heteroatoms. The van der Waals surface area contributed by atoms with Crippen molar-refractivity contribution in [2.45, 2.75) is 38.1 Å². The summed E-state index contributed by atoms with van der Waals surface area (Å²) < 4.78 is 6.25. The number of nitrogens with two attached hydrogens (primary N) is 1. The topological polar surface area (TPSA) is 73.9 Å². The predicted octanol–water partition coefficient (Wildman–Crippen LogP) is 4.58. The minimum Gasteiger partial charge on any atom is -0.475 e. The van der Waals surface area contributed by atoms with Gasteiger partial charge in [-0.3, -0.25) is 4.98 Å². The fourth-order valence-electron chi connectivity index (χ4n) is 4.02. The van der Waals surface area contributed by atoms with Crippen molar-refractivity contribution >= 4 is 21.6 Å². The zero-order valence-corrected chi connectivity index (χ0v) is 17.6. The fourth-order valence-corrected chi connectivity index (χ4v) is 5.27. The van der Waals surface area contributed by atoms with Crippen LogP contribution in [0.15, 0.2) is 54.9 Å². The third kappa shape index (κ3) is 3.93. The van der Waals surface area contributed by atoms with Gasteiger partial charge in [-0.2, -0.15) is 4.98 Å². The number of aryl methyl sites for hydroxylation is 2. The van der Waals surface area contributed by atoms with Crippen LogP contribution < -0.4 is 10.5 Å². The molecule has 2 N–H and O–H groups in total. The van der Waals surface area contributed by atoms with E-state index < -0.39 is 0 Å². The first kappa shape index (κ1) is 19.2. The summed E-state index contributed by atoms with van der Waals surface area (Å²) in [6, 6.07) is 14.0. The number of thiophene rings is 1. The molecular weight excluding hydrogens is 392 g/mol. The highest BCUT2D eigenvalue weighted by Gasteiger charge is 2.23. The van der Waals surface area contributed by atoms with Gasteiger partial charge in [0.15, 0.2) is 5.82 Å². The fraction of sp³-hybridized carbons (Fsp3) is 0.292. The summed E-state index contributed by atoms with van der Waals surface area (Å²) in [4.78, 5) is 16.2. The number of nitrogens with zero attached hydrogens (tertiary/aromatic N) is 3. The average Bonchev–Trinajstić information content (AvgIpc) is 3.17. The first-order valence-electron chi connectivity index (χ1n) is 10.4. The molecule has 4 aromatic rings. The van der Waals surface area contributed by atoms with Crippen LogP contribution in [-0.4, -0.2) is 27.6 Å². The van der Waals surface area contributed by atoms with Gasteiger partial charge in [0, 0.05) is 28.9 Å². The number of fused-ring (bicyclic) bond motifs is 3. The van der Waals surface area contributed by atoms with Gasteiger partial charge in [-0.1, -0.05) is 30.3 Å². The largest absolute Gasteiger partial charge is 0.475 e. The lowest BCUT2D eigenvalue weighted by Gasteiger charge is -2.15. The Bertz CT molecular complexity index is 1140. The molecule has 5 nitrogen and oxygen atoms in total. The molecule has 0 spiro atoms. The Hall–Kier alpha value is -2.83. The highest BCUT2D eigenvalue weighted by molar-refractivity contribution is 7.18. The van der Waals surface area contributed by atoms with Crippen LogP contribution in [0.5, 0.6) is 5.88 Å². The van der Waals surface area contributed by atoms with Gasteiger partial charge in [0.2, 0.25) is 5.88 Å². The summed E-state index contributed by atoms with van der Waals surface area (Å²) in [6.07, 6.45) is 8.93. The molecule has 30 heavy (non-hydrogen) atoms. The predicted molar refractivity (Wildman–Crippen MR) is 121 cm³/mol. The van der Waals surface area contributed by atoms with Crippen molar-refractivity contribution in [3.63, 3.8) is 0 Å². The number of benzene rings is 1. The molecule has 0 bridgehead atoms. The number of pyridine rings is 1. The van der Waals surface area contributed by atoms with Gasteiger partial charge in [-0.05, 0) is 55.4 Å². The molecule has 0 fully saturated rings. The highest BCUT2D eigenvalue weighted by atomic mass is 32.1. The smallest absolute Gasteiger partial charge is 0.226 e. The molecule has 0 aliphatic heterocycles. The summed E-state index contributed by atoms with van der Waals surface area (Å²) in [7, 11) is 0. The van der Waals surface area contributed by atoms with Crippen molar-refractivity contribution < 1.29 is 4.74 Å². The van der Waals surface area contributed by atoms with Crippen LogP contribution in [0.1, 0.15) is 28.8 Å². The molecule has 0 radical (unpaired) electrons. The van der Waals surface area contributed by atoms with Crippen molar-refractivity contribution in [3.8, 4) is 17.3 Å². The molecule has 0 amide bonds. The van der Waals surface area contributed by atoms with Crippen molar-refractivity contribution in [2.24, 2.45) is 5.73 Å². The van der Waals surface area contributed by atoms with Crippen molar-refractivity contribution in [3.05, 3.63) is 70.9 Å². The van der Waals surface area contributed by atoms with E-state index in [1.807, 2.05) is 30.3 Å². The van der Waals surface area contributed by atoms with Crippen LogP contribution in [0.25, 0.3) is 21.6 Å². The molecule has 0 saturated carbocycles. The van der Waals surface area contributed by atoms with E-state index in [1.54, 1.807) is 23.7 Å². The van der Waals surface area contributed by atoms with E-state index in [4.69, 9.17) is 20.4 Å². The molecule has 3 aromatic heterocycles. The highest BCUT2D eigenvalue weighted by Crippen LogP contribution is 2.40. The average molecular weight is 417 g/mol. The normalized spacial score (nSPS) is 14.4. The Kier molecular flexibility index (Phi) is 5.43. The summed E-state index contributed by atoms with van der Waals surface area (Å²) in [5.74, 6) is 1.34. The lowest BCUT2D eigenvalue weighted by molar-refractivity contribution is 0.280. The zero-order valence-electron chi connectivity index (χ0n) is 16.8. The molecule has 1 atom stereocenters. The lowest BCUT2D eigenvalue weighted by atomic mass is 9.97. The Balaban J connectivity index is 1.48. The van der Waals surface area contributed by atoms with Crippen molar-refractivity contribution in [1.29, 1.82) is 0 Å². The molecule has 0 saturated heterocycles. The second kappa shape index (κ2) is 8.50. The number of rotatable bonds is 6. The van der Waals surface area contributed by atoms with Gasteiger partial charge in [0.05, 0.1) is 5.39 Å². The number of ether oxygens (including phenoxy) is 1. The lowest BCUT2D eigenvalue weighted by Crippen LogP contribution is -2.30. The van der Waals surface area contributed by atoms with Crippen molar-refractivity contribution in [2.75, 3.05) is 6.61 Å². The maximum Gasteiger partial charge on any atom is 0.226 e. The van der Waals surface area contributed by atoms with Crippen LogP contribution in [0.4, 0.5) is 0 Å². The first-order chi connectivity index (χ1) is 14.8. The Labute approximate surface area is 180 Å². The van der Waals surface area contributed by atoms with Crippen LogP contribution in [-0.2, 0) is 19.3 Å². The van der Waals surface area contributed by atoms with Gasteiger partial charge in [-0.15, -0.1) is 11.3 Å². The standard InChI is InChI=1S/C24H24N4OS/c25-18(14-16-6-2-1-3-7-16)15-29-23-21-19-8-4-5-9-20(19)30-24(21)28-22(27-23)17-10-12-26-13-11-17/h1-3,6-7,10-13,18H,4-5,8-9,14-15,25H2/t18-/m1/s1. The maximum atomic E-state index is 6.39. The molecule has 1 aliphatic rings. The van der Waals surface area contributed by atoms with Crippen LogP contribution in [0, 0.1) is 0 Å². The molecule has 152 valence electrons. The number of hydrogen-bond donors (Lipinski definition) is 1. The minimum absolute atomic E-state index is 0.101. The summed E-state index contributed by atoms with van der Waals surface area (Å²) in [6.45, 7) is 0.418. The minimum atomic E-state index is -0.101. The Morgan fingerprint density at radius 2 is 1.80 bits per heavy atom. The van der Waals surface area contributed by atoms with E-state index in [1.165, 1.54) is 28.8 Å². The zero-order chi connectivity index (χ0) is 20.3. The molecule has 1 aromatic carbocycles. The quantitative estimate of drug-likeness (QED) is 0.498. The SMILES string of the molecule is N[C@@H](COc1nc(-c2ccncc2)nc2sc3c(c12)CCCC3)Cc1ccccc1. The number of aromatic nitrogens is 3. The summed E-state index contributed by atoms with van der Waals surface area (Å²) in [5.41, 5.74) is 9.91. The van der Waals surface area contributed by atoms with Gasteiger partial charge >= 0.3 is 0 Å². The van der Waals surface area contributed by atoms with Crippen LogP contribution in [0.3, 0.4) is 0 Å². The van der Waals surface area contributed by atoms with E-state index in [9.17, 15) is 0 Å². The summed E-state index contributed by atoms with van der Waals surface area (Å²) in [5, 5.41) is 1.08. The van der Waals surface area contributed by atoms with Crippen LogP contribution >= 0.6 is 11.3 Å². The second-order valence-electron chi connectivity index (χ2n) is 7.74. The van der Waals surface area contributed by atoms with E-state index in [0.717, 1.165) is 35.0 Å². The third-order valence-electron chi connectivity index (χ3n) is 5.49. The monoisotopic (exact) mass is 416 g/mol. The molecule has 0 unspecified atom stereocenters. The number of hydrogen-bond acceptors (Lipinski definition) is 6. The molecule has 3 heterocycles. The molecule has 5 rings (SSSR count). The third-order valence-corrected chi connectivity index (χ3v) is 6.68. The maximum absolute atomic E-state index is 6.39. The first-order valence-corrected chi connectivity index (χ1v) is 11.2. The van der Waals surface area contributed by atoms with Gasteiger partial charge < -0.3 is 10.5 Å². The Morgan fingerprint density at radius 3 is 2.63 bits per heavy atom. The molecular formula is C24H24N4OS. The van der Waals surface area contributed by atoms with E-state index in [2.05, 4.69) is 17.1 Å². The van der Waals surface area contributed by atoms with Gasteiger partial charge in [0.1, 0.15) is 11.4 Å². The van der Waals surface area contributed by atoms with E-state index in [0.29, 0.717) is 18.3 Å². The summed E-state index contributed by atoms with van der Waals surface area (Å²) >= 11 is 1.78.